The Morgan fingerprint density at radius 1 is 1.30 bits per heavy atom. The third-order valence-electron chi connectivity index (χ3n) is 2.77. The fourth-order valence-corrected chi connectivity index (χ4v) is 2.44. The van der Waals surface area contributed by atoms with Gasteiger partial charge in [0.15, 0.2) is 0 Å². The van der Waals surface area contributed by atoms with Gasteiger partial charge in [-0.05, 0) is 37.3 Å². The quantitative estimate of drug-likeness (QED) is 0.908. The molecule has 5 nitrogen and oxygen atoms in total. The van der Waals surface area contributed by atoms with Crippen LogP contribution in [-0.2, 0) is 10.0 Å². The van der Waals surface area contributed by atoms with Crippen LogP contribution in [0.1, 0.15) is 18.7 Å². The summed E-state index contributed by atoms with van der Waals surface area (Å²) in [4.78, 5) is 4.24. The number of hydrogen-bond acceptors (Lipinski definition) is 4. The molecular formula is C13H14ClN3O2S. The van der Waals surface area contributed by atoms with Crippen LogP contribution in [0.4, 0.5) is 5.69 Å². The van der Waals surface area contributed by atoms with Gasteiger partial charge in [-0.1, -0.05) is 17.7 Å². The van der Waals surface area contributed by atoms with Gasteiger partial charge in [-0.25, -0.2) is 13.6 Å². The second-order valence-electron chi connectivity index (χ2n) is 4.31. The van der Waals surface area contributed by atoms with Gasteiger partial charge in [0.25, 0.3) is 0 Å². The van der Waals surface area contributed by atoms with Crippen molar-refractivity contribution in [1.29, 1.82) is 0 Å². The molecule has 106 valence electrons. The van der Waals surface area contributed by atoms with Gasteiger partial charge in [0.2, 0.25) is 10.0 Å². The van der Waals surface area contributed by atoms with Crippen LogP contribution >= 0.6 is 11.6 Å². The average molecular weight is 312 g/mol. The molecule has 1 aromatic heterocycles. The Kier molecular flexibility index (Phi) is 4.27. The third-order valence-corrected chi connectivity index (χ3v) is 4.01. The Morgan fingerprint density at radius 3 is 2.65 bits per heavy atom. The summed E-state index contributed by atoms with van der Waals surface area (Å²) in [6, 6.07) is 9.73. The maximum atomic E-state index is 11.3. The summed E-state index contributed by atoms with van der Waals surface area (Å²) in [7, 11) is -3.76. The van der Waals surface area contributed by atoms with Crippen LogP contribution in [0.15, 0.2) is 47.5 Å². The van der Waals surface area contributed by atoms with Crippen molar-refractivity contribution in [3.8, 4) is 0 Å². The van der Waals surface area contributed by atoms with Gasteiger partial charge in [0, 0.05) is 6.20 Å². The van der Waals surface area contributed by atoms with E-state index >= 15 is 0 Å². The summed E-state index contributed by atoms with van der Waals surface area (Å²) < 4.78 is 22.7. The molecule has 1 unspecified atom stereocenters. The molecule has 0 amide bonds. The number of nitrogens with two attached hydrogens (primary N) is 1. The highest BCUT2D eigenvalue weighted by Gasteiger charge is 2.13. The Balaban J connectivity index is 2.30. The molecule has 0 fully saturated rings. The Morgan fingerprint density at radius 2 is 2.05 bits per heavy atom. The number of rotatable bonds is 4. The van der Waals surface area contributed by atoms with Crippen molar-refractivity contribution in [3.05, 3.63) is 53.3 Å². The van der Waals surface area contributed by atoms with E-state index in [1.54, 1.807) is 6.20 Å². The molecule has 1 atom stereocenters. The standard InChI is InChI=1S/C13H14ClN3O2S/c1-9(12-4-2-3-7-16-12)17-13-8-10(20(15,18)19)5-6-11(13)14/h2-9,17H,1H3,(H2,15,18,19). The number of primary sulfonamides is 1. The van der Waals surface area contributed by atoms with Crippen molar-refractivity contribution in [3.63, 3.8) is 0 Å². The number of pyridine rings is 1. The lowest BCUT2D eigenvalue weighted by Gasteiger charge is -2.16. The predicted molar refractivity (Wildman–Crippen MR) is 79.1 cm³/mol. The van der Waals surface area contributed by atoms with Crippen molar-refractivity contribution in [2.45, 2.75) is 17.9 Å². The van der Waals surface area contributed by atoms with Gasteiger partial charge in [-0.2, -0.15) is 0 Å². The van der Waals surface area contributed by atoms with E-state index in [2.05, 4.69) is 10.3 Å². The zero-order valence-electron chi connectivity index (χ0n) is 10.7. The molecule has 1 aromatic carbocycles. The molecule has 0 aliphatic rings. The molecule has 2 rings (SSSR count). The molecule has 2 aromatic rings. The van der Waals surface area contributed by atoms with Crippen molar-refractivity contribution in [2.24, 2.45) is 5.14 Å². The molecule has 7 heteroatoms. The first kappa shape index (κ1) is 14.8. The zero-order chi connectivity index (χ0) is 14.8. The van der Waals surface area contributed by atoms with Gasteiger partial charge in [0.05, 0.1) is 27.3 Å². The molecule has 0 saturated heterocycles. The molecule has 0 bridgehead atoms. The van der Waals surface area contributed by atoms with Crippen molar-refractivity contribution in [2.75, 3.05) is 5.32 Å². The normalized spacial score (nSPS) is 12.9. The highest BCUT2D eigenvalue weighted by atomic mass is 35.5. The monoisotopic (exact) mass is 311 g/mol. The topological polar surface area (TPSA) is 85.1 Å². The van der Waals surface area contributed by atoms with E-state index in [0.717, 1.165) is 5.69 Å². The second-order valence-corrected chi connectivity index (χ2v) is 6.28. The van der Waals surface area contributed by atoms with E-state index in [0.29, 0.717) is 10.7 Å². The molecule has 0 spiro atoms. The van der Waals surface area contributed by atoms with Crippen LogP contribution in [-0.4, -0.2) is 13.4 Å². The SMILES string of the molecule is CC(Nc1cc(S(N)(=O)=O)ccc1Cl)c1ccccn1. The summed E-state index contributed by atoms with van der Waals surface area (Å²) >= 11 is 6.06. The lowest BCUT2D eigenvalue weighted by atomic mass is 10.2. The number of nitrogens with zero attached hydrogens (tertiary/aromatic N) is 1. The maximum Gasteiger partial charge on any atom is 0.238 e. The Bertz CT molecular complexity index is 705. The zero-order valence-corrected chi connectivity index (χ0v) is 12.3. The summed E-state index contributed by atoms with van der Waals surface area (Å²) in [5.74, 6) is 0. The van der Waals surface area contributed by atoms with Crippen molar-refractivity contribution in [1.82, 2.24) is 4.98 Å². The number of hydrogen-bond donors (Lipinski definition) is 2. The van der Waals surface area contributed by atoms with E-state index in [1.165, 1.54) is 18.2 Å². The predicted octanol–water partition coefficient (Wildman–Crippen LogP) is 2.56. The van der Waals surface area contributed by atoms with E-state index in [-0.39, 0.29) is 10.9 Å². The number of sulfonamides is 1. The van der Waals surface area contributed by atoms with Crippen LogP contribution in [0.25, 0.3) is 0 Å². The first-order valence-corrected chi connectivity index (χ1v) is 7.80. The Labute approximate surface area is 122 Å². The lowest BCUT2D eigenvalue weighted by molar-refractivity contribution is 0.598. The fourth-order valence-electron chi connectivity index (χ4n) is 1.73. The number of halogens is 1. The fraction of sp³-hybridized carbons (Fsp3) is 0.154. The molecule has 0 aliphatic heterocycles. The number of aromatic nitrogens is 1. The third kappa shape index (κ3) is 3.47. The number of nitrogens with one attached hydrogen (secondary N) is 1. The molecule has 3 N–H and O–H groups in total. The van der Waals surface area contributed by atoms with Crippen LogP contribution in [0.3, 0.4) is 0 Å². The van der Waals surface area contributed by atoms with E-state index < -0.39 is 10.0 Å². The van der Waals surface area contributed by atoms with Crippen LogP contribution < -0.4 is 10.5 Å². The number of benzene rings is 1. The van der Waals surface area contributed by atoms with Gasteiger partial charge < -0.3 is 5.32 Å². The van der Waals surface area contributed by atoms with E-state index in [9.17, 15) is 8.42 Å². The van der Waals surface area contributed by atoms with Crippen molar-refractivity contribution < 1.29 is 8.42 Å². The van der Waals surface area contributed by atoms with Gasteiger partial charge in [0.1, 0.15) is 0 Å². The second kappa shape index (κ2) is 5.78. The molecule has 20 heavy (non-hydrogen) atoms. The summed E-state index contributed by atoms with van der Waals surface area (Å²) in [6.45, 7) is 1.91. The number of anilines is 1. The molecule has 0 radical (unpaired) electrons. The first-order valence-electron chi connectivity index (χ1n) is 5.88. The maximum absolute atomic E-state index is 11.3. The van der Waals surface area contributed by atoms with Crippen LogP contribution in [0.2, 0.25) is 5.02 Å². The molecule has 0 aliphatic carbocycles. The molecule has 1 heterocycles. The minimum atomic E-state index is -3.76. The van der Waals surface area contributed by atoms with Gasteiger partial charge >= 0.3 is 0 Å². The largest absolute Gasteiger partial charge is 0.376 e. The van der Waals surface area contributed by atoms with Gasteiger partial charge in [-0.3, -0.25) is 4.98 Å². The van der Waals surface area contributed by atoms with E-state index in [1.807, 2.05) is 25.1 Å². The average Bonchev–Trinajstić information content (AvgIpc) is 2.41. The van der Waals surface area contributed by atoms with Crippen LogP contribution in [0.5, 0.6) is 0 Å². The Hall–Kier alpha value is -1.63. The van der Waals surface area contributed by atoms with Gasteiger partial charge in [-0.15, -0.1) is 0 Å². The summed E-state index contributed by atoms with van der Waals surface area (Å²) in [6.07, 6.45) is 1.69. The highest BCUT2D eigenvalue weighted by Crippen LogP contribution is 2.28. The summed E-state index contributed by atoms with van der Waals surface area (Å²) in [5, 5.41) is 8.65. The smallest absolute Gasteiger partial charge is 0.238 e. The van der Waals surface area contributed by atoms with Crippen LogP contribution in [0, 0.1) is 0 Å². The lowest BCUT2D eigenvalue weighted by Crippen LogP contribution is -2.13. The highest BCUT2D eigenvalue weighted by molar-refractivity contribution is 7.89. The minimum Gasteiger partial charge on any atom is -0.376 e. The minimum absolute atomic E-state index is 0.0117. The van der Waals surface area contributed by atoms with E-state index in [4.69, 9.17) is 16.7 Å². The summed E-state index contributed by atoms with van der Waals surface area (Å²) in [5.41, 5.74) is 1.32. The molecule has 0 saturated carbocycles. The molecular weight excluding hydrogens is 298 g/mol. The van der Waals surface area contributed by atoms with Crippen molar-refractivity contribution >= 4 is 27.3 Å². The first-order chi connectivity index (χ1) is 9.38.